The fourth-order valence-corrected chi connectivity index (χ4v) is 1.08. The zero-order valence-electron chi connectivity index (χ0n) is 8.14. The standard InChI is InChI=1S/C9H15N3O.ClH/c1-13-9-3-2-7(6-12-9)8(11)4-5-10;/h2-3,6,8H,4-5,10-11H2,1H3;1H/t8-;/m0./s1. The molecule has 5 heteroatoms. The van der Waals surface area contributed by atoms with Crippen molar-refractivity contribution < 1.29 is 4.74 Å². The predicted molar refractivity (Wildman–Crippen MR) is 58.6 cm³/mol. The first-order valence-electron chi connectivity index (χ1n) is 4.23. The van der Waals surface area contributed by atoms with Crippen molar-refractivity contribution in [3.63, 3.8) is 0 Å². The normalized spacial score (nSPS) is 11.6. The van der Waals surface area contributed by atoms with E-state index in [0.717, 1.165) is 12.0 Å². The maximum atomic E-state index is 5.84. The van der Waals surface area contributed by atoms with Gasteiger partial charge in [0.15, 0.2) is 0 Å². The third kappa shape index (κ3) is 3.49. The van der Waals surface area contributed by atoms with Crippen LogP contribution in [0.3, 0.4) is 0 Å². The number of aromatic nitrogens is 1. The van der Waals surface area contributed by atoms with Gasteiger partial charge in [-0.25, -0.2) is 4.98 Å². The third-order valence-corrected chi connectivity index (χ3v) is 1.87. The monoisotopic (exact) mass is 217 g/mol. The van der Waals surface area contributed by atoms with Gasteiger partial charge in [0, 0.05) is 18.3 Å². The molecule has 0 saturated heterocycles. The smallest absolute Gasteiger partial charge is 0.212 e. The maximum Gasteiger partial charge on any atom is 0.212 e. The molecule has 80 valence electrons. The quantitative estimate of drug-likeness (QED) is 0.785. The van der Waals surface area contributed by atoms with Crippen molar-refractivity contribution in [3.8, 4) is 5.88 Å². The van der Waals surface area contributed by atoms with Gasteiger partial charge in [-0.1, -0.05) is 6.07 Å². The Bertz CT molecular complexity index is 253. The Hall–Kier alpha value is -0.840. The Morgan fingerprint density at radius 2 is 2.21 bits per heavy atom. The zero-order chi connectivity index (χ0) is 9.68. The molecular formula is C9H16ClN3O. The summed E-state index contributed by atoms with van der Waals surface area (Å²) in [6.45, 7) is 0.590. The molecule has 0 aliphatic rings. The number of ether oxygens (including phenoxy) is 1. The molecule has 4 nitrogen and oxygen atoms in total. The number of hydrogen-bond donors (Lipinski definition) is 2. The van der Waals surface area contributed by atoms with Crippen molar-refractivity contribution >= 4 is 12.4 Å². The van der Waals surface area contributed by atoms with E-state index in [1.807, 2.05) is 6.07 Å². The van der Waals surface area contributed by atoms with Gasteiger partial charge >= 0.3 is 0 Å². The average molecular weight is 218 g/mol. The van der Waals surface area contributed by atoms with Gasteiger partial charge in [0.1, 0.15) is 0 Å². The lowest BCUT2D eigenvalue weighted by Gasteiger charge is -2.09. The Balaban J connectivity index is 0.00000169. The lowest BCUT2D eigenvalue weighted by Crippen LogP contribution is -2.15. The second kappa shape index (κ2) is 6.59. The number of methoxy groups -OCH3 is 1. The number of rotatable bonds is 4. The summed E-state index contributed by atoms with van der Waals surface area (Å²) in [4.78, 5) is 4.06. The minimum absolute atomic E-state index is 0. The van der Waals surface area contributed by atoms with Gasteiger partial charge in [0.05, 0.1) is 7.11 Å². The molecule has 0 aliphatic heterocycles. The predicted octanol–water partition coefficient (Wildman–Crippen LogP) is 0.861. The summed E-state index contributed by atoms with van der Waals surface area (Å²) >= 11 is 0. The SMILES string of the molecule is COc1ccc([C@@H](N)CCN)cn1.Cl. The summed E-state index contributed by atoms with van der Waals surface area (Å²) in [6, 6.07) is 3.68. The van der Waals surface area contributed by atoms with E-state index in [-0.39, 0.29) is 18.4 Å². The Kier molecular flexibility index (Phi) is 6.19. The highest BCUT2D eigenvalue weighted by atomic mass is 35.5. The third-order valence-electron chi connectivity index (χ3n) is 1.87. The molecule has 1 aromatic rings. The highest BCUT2D eigenvalue weighted by molar-refractivity contribution is 5.85. The van der Waals surface area contributed by atoms with E-state index in [2.05, 4.69) is 4.98 Å². The summed E-state index contributed by atoms with van der Waals surface area (Å²) in [5.74, 6) is 0.601. The molecule has 14 heavy (non-hydrogen) atoms. The minimum Gasteiger partial charge on any atom is -0.481 e. The van der Waals surface area contributed by atoms with Crippen molar-refractivity contribution in [1.82, 2.24) is 4.98 Å². The van der Waals surface area contributed by atoms with Crippen molar-refractivity contribution in [1.29, 1.82) is 0 Å². The van der Waals surface area contributed by atoms with E-state index in [1.54, 1.807) is 19.4 Å². The first-order valence-corrected chi connectivity index (χ1v) is 4.23. The van der Waals surface area contributed by atoms with Gasteiger partial charge in [-0.15, -0.1) is 12.4 Å². The van der Waals surface area contributed by atoms with Crippen LogP contribution in [0.5, 0.6) is 5.88 Å². The molecule has 0 bridgehead atoms. The molecular weight excluding hydrogens is 202 g/mol. The average Bonchev–Trinajstić information content (AvgIpc) is 2.18. The molecule has 1 rings (SSSR count). The molecule has 0 saturated carbocycles. The van der Waals surface area contributed by atoms with E-state index < -0.39 is 0 Å². The fraction of sp³-hybridized carbons (Fsp3) is 0.444. The second-order valence-corrected chi connectivity index (χ2v) is 2.82. The Labute approximate surface area is 90.1 Å². The number of pyridine rings is 1. The largest absolute Gasteiger partial charge is 0.481 e. The zero-order valence-corrected chi connectivity index (χ0v) is 8.96. The van der Waals surface area contributed by atoms with E-state index >= 15 is 0 Å². The van der Waals surface area contributed by atoms with Crippen LogP contribution in [0.15, 0.2) is 18.3 Å². The highest BCUT2D eigenvalue weighted by Gasteiger charge is 2.04. The molecule has 0 amide bonds. The van der Waals surface area contributed by atoms with Crippen molar-refractivity contribution in [3.05, 3.63) is 23.9 Å². The Morgan fingerprint density at radius 3 is 2.64 bits per heavy atom. The van der Waals surface area contributed by atoms with Gasteiger partial charge in [-0.2, -0.15) is 0 Å². The highest BCUT2D eigenvalue weighted by Crippen LogP contribution is 2.14. The number of hydrogen-bond acceptors (Lipinski definition) is 4. The molecule has 0 aliphatic carbocycles. The van der Waals surface area contributed by atoms with Gasteiger partial charge in [0.2, 0.25) is 5.88 Å². The summed E-state index contributed by atoms with van der Waals surface area (Å²) in [7, 11) is 1.59. The van der Waals surface area contributed by atoms with Crippen LogP contribution in [-0.2, 0) is 0 Å². The Morgan fingerprint density at radius 1 is 1.50 bits per heavy atom. The lowest BCUT2D eigenvalue weighted by molar-refractivity contribution is 0.397. The maximum absolute atomic E-state index is 5.84. The second-order valence-electron chi connectivity index (χ2n) is 2.82. The summed E-state index contributed by atoms with van der Waals surface area (Å²) in [6.07, 6.45) is 2.49. The summed E-state index contributed by atoms with van der Waals surface area (Å²) < 4.78 is 4.93. The summed E-state index contributed by atoms with van der Waals surface area (Å²) in [5.41, 5.74) is 12.2. The first-order chi connectivity index (χ1) is 6.27. The van der Waals surface area contributed by atoms with Crippen molar-refractivity contribution in [2.45, 2.75) is 12.5 Å². The molecule has 0 spiro atoms. The van der Waals surface area contributed by atoms with Crippen LogP contribution in [-0.4, -0.2) is 18.6 Å². The lowest BCUT2D eigenvalue weighted by atomic mass is 10.1. The number of nitrogens with two attached hydrogens (primary N) is 2. The molecule has 0 fully saturated rings. The van der Waals surface area contributed by atoms with Crippen LogP contribution in [0, 0.1) is 0 Å². The van der Waals surface area contributed by atoms with Crippen molar-refractivity contribution in [2.75, 3.05) is 13.7 Å². The van der Waals surface area contributed by atoms with E-state index in [4.69, 9.17) is 16.2 Å². The van der Waals surface area contributed by atoms with E-state index in [9.17, 15) is 0 Å². The number of nitrogens with zero attached hydrogens (tertiary/aromatic N) is 1. The molecule has 0 radical (unpaired) electrons. The van der Waals surface area contributed by atoms with Gasteiger partial charge in [0.25, 0.3) is 0 Å². The number of halogens is 1. The van der Waals surface area contributed by atoms with E-state index in [0.29, 0.717) is 12.4 Å². The molecule has 1 aromatic heterocycles. The van der Waals surface area contributed by atoms with Crippen LogP contribution in [0.4, 0.5) is 0 Å². The van der Waals surface area contributed by atoms with E-state index in [1.165, 1.54) is 0 Å². The van der Waals surface area contributed by atoms with Crippen LogP contribution in [0.25, 0.3) is 0 Å². The van der Waals surface area contributed by atoms with Crippen molar-refractivity contribution in [2.24, 2.45) is 11.5 Å². The first kappa shape index (κ1) is 13.2. The van der Waals surface area contributed by atoms with Crippen LogP contribution in [0.2, 0.25) is 0 Å². The van der Waals surface area contributed by atoms with Crippen LogP contribution in [0.1, 0.15) is 18.0 Å². The topological polar surface area (TPSA) is 74.2 Å². The molecule has 1 heterocycles. The van der Waals surface area contributed by atoms with Gasteiger partial charge < -0.3 is 16.2 Å². The molecule has 4 N–H and O–H groups in total. The molecule has 1 atom stereocenters. The van der Waals surface area contributed by atoms with Gasteiger partial charge in [-0.3, -0.25) is 0 Å². The fourth-order valence-electron chi connectivity index (χ4n) is 1.08. The van der Waals surface area contributed by atoms with Crippen LogP contribution < -0.4 is 16.2 Å². The molecule has 0 aromatic carbocycles. The summed E-state index contributed by atoms with van der Waals surface area (Å²) in [5, 5.41) is 0. The van der Waals surface area contributed by atoms with Gasteiger partial charge in [-0.05, 0) is 18.5 Å². The minimum atomic E-state index is -0.0246. The molecule has 0 unspecified atom stereocenters. The van der Waals surface area contributed by atoms with Crippen LogP contribution >= 0.6 is 12.4 Å².